The van der Waals surface area contributed by atoms with E-state index in [-0.39, 0.29) is 24.0 Å². The predicted octanol–water partition coefficient (Wildman–Crippen LogP) is 2.57. The number of rotatable bonds is 4. The molecule has 0 fully saturated rings. The van der Waals surface area contributed by atoms with Crippen LogP contribution >= 0.6 is 12.4 Å². The minimum Gasteiger partial charge on any atom is -0.490 e. The molecule has 0 aliphatic rings. The highest BCUT2D eigenvalue weighted by atomic mass is 35.5. The molecule has 0 heterocycles. The van der Waals surface area contributed by atoms with Crippen LogP contribution < -0.4 is 10.5 Å². The van der Waals surface area contributed by atoms with E-state index >= 15 is 0 Å². The maximum atomic E-state index is 13.4. The van der Waals surface area contributed by atoms with E-state index in [1.165, 1.54) is 12.1 Å². The summed E-state index contributed by atoms with van der Waals surface area (Å²) in [6, 6.07) is 4.27. The Labute approximate surface area is 101 Å². The van der Waals surface area contributed by atoms with Crippen molar-refractivity contribution in [1.29, 1.82) is 5.41 Å². The molecule has 16 heavy (non-hydrogen) atoms. The normalized spacial score (nSPS) is 9.75. The molecule has 0 amide bonds. The van der Waals surface area contributed by atoms with Crippen LogP contribution in [0.1, 0.15) is 19.4 Å². The highest BCUT2D eigenvalue weighted by Gasteiger charge is 2.06. The molecule has 1 rings (SSSR count). The van der Waals surface area contributed by atoms with E-state index in [4.69, 9.17) is 15.9 Å². The summed E-state index contributed by atoms with van der Waals surface area (Å²) in [6.45, 7) is 4.44. The Bertz CT molecular complexity index is 369. The third-order valence-electron chi connectivity index (χ3n) is 1.82. The van der Waals surface area contributed by atoms with Gasteiger partial charge in [-0.15, -0.1) is 12.4 Å². The van der Waals surface area contributed by atoms with Gasteiger partial charge in [-0.3, -0.25) is 5.41 Å². The number of hydrogen-bond donors (Lipinski definition) is 2. The first-order valence-electron chi connectivity index (χ1n) is 4.77. The largest absolute Gasteiger partial charge is 0.490 e. The summed E-state index contributed by atoms with van der Waals surface area (Å²) >= 11 is 0. The molecule has 0 saturated heterocycles. The van der Waals surface area contributed by atoms with Crippen LogP contribution in [-0.4, -0.2) is 12.4 Å². The van der Waals surface area contributed by atoms with Crippen LogP contribution in [0.4, 0.5) is 4.39 Å². The molecule has 0 aliphatic carbocycles. The smallest absolute Gasteiger partial charge is 0.165 e. The van der Waals surface area contributed by atoms with Gasteiger partial charge in [-0.1, -0.05) is 13.8 Å². The fourth-order valence-electron chi connectivity index (χ4n) is 1.04. The van der Waals surface area contributed by atoms with E-state index in [0.717, 1.165) is 0 Å². The minimum absolute atomic E-state index is 0. The molecule has 3 N–H and O–H groups in total. The Balaban J connectivity index is 0.00000225. The molecule has 0 spiro atoms. The van der Waals surface area contributed by atoms with Crippen molar-refractivity contribution in [3.05, 3.63) is 29.6 Å². The number of benzene rings is 1. The van der Waals surface area contributed by atoms with Gasteiger partial charge in [-0.05, 0) is 24.1 Å². The lowest BCUT2D eigenvalue weighted by Gasteiger charge is -2.10. The fraction of sp³-hybridized carbons (Fsp3) is 0.364. The number of ether oxygens (including phenoxy) is 1. The van der Waals surface area contributed by atoms with E-state index in [0.29, 0.717) is 18.1 Å². The molecule has 0 unspecified atom stereocenters. The summed E-state index contributed by atoms with van der Waals surface area (Å²) < 4.78 is 18.6. The minimum atomic E-state index is -0.483. The summed E-state index contributed by atoms with van der Waals surface area (Å²) in [5, 5.41) is 7.14. The monoisotopic (exact) mass is 246 g/mol. The second kappa shape index (κ2) is 6.33. The van der Waals surface area contributed by atoms with Crippen molar-refractivity contribution in [2.75, 3.05) is 6.61 Å². The van der Waals surface area contributed by atoms with Crippen molar-refractivity contribution in [1.82, 2.24) is 0 Å². The summed E-state index contributed by atoms with van der Waals surface area (Å²) in [5.41, 5.74) is 5.60. The zero-order valence-corrected chi connectivity index (χ0v) is 10.1. The van der Waals surface area contributed by atoms with Crippen molar-refractivity contribution in [3.8, 4) is 5.75 Å². The van der Waals surface area contributed by atoms with E-state index in [1.807, 2.05) is 13.8 Å². The second-order valence-electron chi connectivity index (χ2n) is 3.76. The van der Waals surface area contributed by atoms with Gasteiger partial charge in [0.15, 0.2) is 11.6 Å². The lowest BCUT2D eigenvalue weighted by Crippen LogP contribution is -2.12. The first-order valence-corrected chi connectivity index (χ1v) is 4.77. The lowest BCUT2D eigenvalue weighted by atomic mass is 10.2. The van der Waals surface area contributed by atoms with Gasteiger partial charge in [0.2, 0.25) is 0 Å². The topological polar surface area (TPSA) is 59.1 Å². The van der Waals surface area contributed by atoms with Crippen molar-refractivity contribution in [2.45, 2.75) is 13.8 Å². The zero-order chi connectivity index (χ0) is 11.4. The third kappa shape index (κ3) is 4.06. The van der Waals surface area contributed by atoms with Crippen molar-refractivity contribution in [2.24, 2.45) is 11.7 Å². The zero-order valence-electron chi connectivity index (χ0n) is 9.29. The van der Waals surface area contributed by atoms with Gasteiger partial charge in [0.25, 0.3) is 0 Å². The van der Waals surface area contributed by atoms with E-state index in [2.05, 4.69) is 0 Å². The maximum Gasteiger partial charge on any atom is 0.165 e. The lowest BCUT2D eigenvalue weighted by molar-refractivity contribution is 0.259. The van der Waals surface area contributed by atoms with Gasteiger partial charge in [0, 0.05) is 5.56 Å². The number of hydrogen-bond acceptors (Lipinski definition) is 2. The predicted molar refractivity (Wildman–Crippen MR) is 65.0 cm³/mol. The molecule has 0 radical (unpaired) electrons. The Hall–Kier alpha value is -1.29. The molecular weight excluding hydrogens is 231 g/mol. The van der Waals surface area contributed by atoms with Crippen molar-refractivity contribution < 1.29 is 9.13 Å². The van der Waals surface area contributed by atoms with Crippen LogP contribution in [0.2, 0.25) is 0 Å². The molecule has 3 nitrogen and oxygen atoms in total. The Morgan fingerprint density at radius 3 is 2.56 bits per heavy atom. The standard InChI is InChI=1S/C11H15FN2O.ClH/c1-7(2)6-15-10-4-3-8(11(13)14)5-9(10)12;/h3-5,7H,6H2,1-2H3,(H3,13,14);1H. The van der Waals surface area contributed by atoms with Crippen molar-refractivity contribution >= 4 is 18.2 Å². The molecule has 0 saturated carbocycles. The van der Waals surface area contributed by atoms with Gasteiger partial charge in [-0.25, -0.2) is 4.39 Å². The fourth-order valence-corrected chi connectivity index (χ4v) is 1.04. The van der Waals surface area contributed by atoms with Gasteiger partial charge in [0.05, 0.1) is 6.61 Å². The molecular formula is C11H16ClFN2O. The molecule has 90 valence electrons. The van der Waals surface area contributed by atoms with Crippen LogP contribution in [0.25, 0.3) is 0 Å². The quantitative estimate of drug-likeness (QED) is 0.634. The highest BCUT2D eigenvalue weighted by molar-refractivity contribution is 5.95. The van der Waals surface area contributed by atoms with E-state index in [1.54, 1.807) is 6.07 Å². The van der Waals surface area contributed by atoms with Gasteiger partial charge in [-0.2, -0.15) is 0 Å². The van der Waals surface area contributed by atoms with Gasteiger partial charge in [0.1, 0.15) is 5.84 Å². The molecule has 0 aromatic heterocycles. The van der Waals surface area contributed by atoms with Gasteiger partial charge >= 0.3 is 0 Å². The molecule has 1 aromatic rings. The number of nitrogens with one attached hydrogen (secondary N) is 1. The molecule has 0 atom stereocenters. The highest BCUT2D eigenvalue weighted by Crippen LogP contribution is 2.18. The van der Waals surface area contributed by atoms with Crippen LogP contribution in [0.5, 0.6) is 5.75 Å². The summed E-state index contributed by atoms with van der Waals surface area (Å²) in [4.78, 5) is 0. The summed E-state index contributed by atoms with van der Waals surface area (Å²) in [5.74, 6) is -0.0850. The summed E-state index contributed by atoms with van der Waals surface area (Å²) in [7, 11) is 0. The van der Waals surface area contributed by atoms with E-state index < -0.39 is 5.82 Å². The van der Waals surface area contributed by atoms with Gasteiger partial charge < -0.3 is 10.5 Å². The van der Waals surface area contributed by atoms with Crippen LogP contribution in [0, 0.1) is 17.1 Å². The molecule has 1 aromatic carbocycles. The SMILES string of the molecule is CC(C)COc1ccc(C(=N)N)cc1F.Cl. The average molecular weight is 247 g/mol. The van der Waals surface area contributed by atoms with Crippen LogP contribution in [0.15, 0.2) is 18.2 Å². The number of halogens is 2. The summed E-state index contributed by atoms with van der Waals surface area (Å²) in [6.07, 6.45) is 0. The van der Waals surface area contributed by atoms with Crippen LogP contribution in [-0.2, 0) is 0 Å². The Morgan fingerprint density at radius 2 is 2.12 bits per heavy atom. The van der Waals surface area contributed by atoms with Crippen molar-refractivity contribution in [3.63, 3.8) is 0 Å². The Kier molecular flexibility index (Phi) is 5.82. The molecule has 5 heteroatoms. The third-order valence-corrected chi connectivity index (χ3v) is 1.82. The van der Waals surface area contributed by atoms with E-state index in [9.17, 15) is 4.39 Å². The number of amidine groups is 1. The van der Waals surface area contributed by atoms with Crippen LogP contribution in [0.3, 0.4) is 0 Å². The maximum absolute atomic E-state index is 13.4. The molecule has 0 bridgehead atoms. The molecule has 0 aliphatic heterocycles. The first-order chi connectivity index (χ1) is 7.00. The Morgan fingerprint density at radius 1 is 1.50 bits per heavy atom. The number of nitrogen functional groups attached to an aromatic ring is 1. The second-order valence-corrected chi connectivity index (χ2v) is 3.76. The first kappa shape index (κ1) is 14.7. The average Bonchev–Trinajstić information content (AvgIpc) is 2.15. The number of nitrogens with two attached hydrogens (primary N) is 1.